The lowest BCUT2D eigenvalue weighted by molar-refractivity contribution is 0.165. The number of hydrogen-bond donors (Lipinski definition) is 3. The van der Waals surface area contributed by atoms with E-state index in [1.54, 1.807) is 6.20 Å². The van der Waals surface area contributed by atoms with Crippen molar-refractivity contribution in [2.24, 2.45) is 0 Å². The van der Waals surface area contributed by atoms with Gasteiger partial charge in [0.25, 0.3) is 0 Å². The zero-order valence-electron chi connectivity index (χ0n) is 21.4. The molecule has 39 heavy (non-hydrogen) atoms. The molecule has 4 heterocycles. The van der Waals surface area contributed by atoms with Crippen LogP contribution in [-0.2, 0) is 6.54 Å². The summed E-state index contributed by atoms with van der Waals surface area (Å²) in [5.74, 6) is 1.10. The van der Waals surface area contributed by atoms with Crippen LogP contribution in [0.1, 0.15) is 18.4 Å². The maximum atomic E-state index is 10.9. The molecule has 0 bridgehead atoms. The van der Waals surface area contributed by atoms with Gasteiger partial charge in [-0.1, -0.05) is 42.5 Å². The number of likely N-dealkylation sites (tertiary alicyclic amines) is 1. The van der Waals surface area contributed by atoms with Crippen LogP contribution in [0.25, 0.3) is 39.4 Å². The Balaban J connectivity index is 1.32. The van der Waals surface area contributed by atoms with E-state index >= 15 is 0 Å². The van der Waals surface area contributed by atoms with Gasteiger partial charge < -0.3 is 16.2 Å². The number of fused-ring (bicyclic) bond motifs is 1. The molecular weight excluding hydrogens is 490 g/mol. The highest BCUT2D eigenvalue weighted by Crippen LogP contribution is 2.32. The molecule has 0 atom stereocenters. The minimum absolute atomic E-state index is 0.0314. The van der Waals surface area contributed by atoms with Gasteiger partial charge in [-0.2, -0.15) is 0 Å². The van der Waals surface area contributed by atoms with E-state index in [0.29, 0.717) is 11.6 Å². The number of pyridine rings is 2. The van der Waals surface area contributed by atoms with E-state index in [1.165, 1.54) is 5.56 Å². The number of imidazole rings is 1. The van der Waals surface area contributed by atoms with Gasteiger partial charge in [-0.25, -0.2) is 19.7 Å². The number of nitrogens with two attached hydrogens (primary N) is 1. The number of amides is 1. The minimum atomic E-state index is -0.950. The second-order valence-electron chi connectivity index (χ2n) is 9.81. The molecule has 1 aliphatic rings. The maximum absolute atomic E-state index is 10.9. The number of piperidine rings is 1. The third-order valence-corrected chi connectivity index (χ3v) is 7.20. The molecule has 3 aromatic heterocycles. The number of hydrogen-bond acceptors (Lipinski definition) is 6. The summed E-state index contributed by atoms with van der Waals surface area (Å²) in [6.45, 7) is 2.53. The SMILES string of the molecule is Nc1ncccc1-c1nc2cc(-c3ccccc3)cnc2n1-c1ccc(CN2CCC(NC(=O)O)CC2)cc1. The van der Waals surface area contributed by atoms with Gasteiger partial charge in [0.1, 0.15) is 11.3 Å². The van der Waals surface area contributed by atoms with Crippen LogP contribution >= 0.6 is 0 Å². The Bertz CT molecular complexity index is 1610. The summed E-state index contributed by atoms with van der Waals surface area (Å²) in [7, 11) is 0. The summed E-state index contributed by atoms with van der Waals surface area (Å²) < 4.78 is 2.03. The van der Waals surface area contributed by atoms with E-state index in [1.807, 2.05) is 41.1 Å². The van der Waals surface area contributed by atoms with Crippen molar-refractivity contribution < 1.29 is 9.90 Å². The number of nitrogens with one attached hydrogen (secondary N) is 1. The molecule has 2 aromatic carbocycles. The van der Waals surface area contributed by atoms with Gasteiger partial charge in [0.05, 0.1) is 5.56 Å². The van der Waals surface area contributed by atoms with Crippen molar-refractivity contribution in [1.29, 1.82) is 0 Å². The fourth-order valence-electron chi connectivity index (χ4n) is 5.20. The van der Waals surface area contributed by atoms with Gasteiger partial charge in [-0.3, -0.25) is 9.47 Å². The molecule has 1 fully saturated rings. The average molecular weight is 520 g/mol. The average Bonchev–Trinajstić information content (AvgIpc) is 3.33. The highest BCUT2D eigenvalue weighted by Gasteiger charge is 2.21. The first-order valence-corrected chi connectivity index (χ1v) is 13.0. The molecule has 196 valence electrons. The topological polar surface area (TPSA) is 122 Å². The molecule has 5 aromatic rings. The lowest BCUT2D eigenvalue weighted by atomic mass is 10.0. The van der Waals surface area contributed by atoms with Crippen LogP contribution < -0.4 is 11.1 Å². The predicted octanol–water partition coefficient (Wildman–Crippen LogP) is 4.96. The first-order valence-electron chi connectivity index (χ1n) is 13.0. The van der Waals surface area contributed by atoms with Crippen molar-refractivity contribution in [2.45, 2.75) is 25.4 Å². The number of rotatable bonds is 6. The van der Waals surface area contributed by atoms with Crippen molar-refractivity contribution in [3.8, 4) is 28.2 Å². The van der Waals surface area contributed by atoms with Gasteiger partial charge in [-0.15, -0.1) is 0 Å². The Hall–Kier alpha value is -4.76. The lowest BCUT2D eigenvalue weighted by Gasteiger charge is -2.31. The summed E-state index contributed by atoms with van der Waals surface area (Å²) in [5.41, 5.74) is 12.7. The summed E-state index contributed by atoms with van der Waals surface area (Å²) >= 11 is 0. The van der Waals surface area contributed by atoms with Gasteiger partial charge in [-0.05, 0) is 54.3 Å². The number of benzene rings is 2. The summed E-state index contributed by atoms with van der Waals surface area (Å²) in [5, 5.41) is 11.6. The molecule has 9 nitrogen and oxygen atoms in total. The first kappa shape index (κ1) is 24.6. The largest absolute Gasteiger partial charge is 0.465 e. The van der Waals surface area contributed by atoms with Crippen molar-refractivity contribution >= 4 is 23.1 Å². The zero-order valence-corrected chi connectivity index (χ0v) is 21.4. The van der Waals surface area contributed by atoms with Crippen LogP contribution in [0.15, 0.2) is 85.2 Å². The lowest BCUT2D eigenvalue weighted by Crippen LogP contribution is -2.43. The van der Waals surface area contributed by atoms with E-state index < -0.39 is 6.09 Å². The molecule has 4 N–H and O–H groups in total. The molecule has 6 rings (SSSR count). The second kappa shape index (κ2) is 10.5. The molecule has 1 aliphatic heterocycles. The van der Waals surface area contributed by atoms with Crippen LogP contribution in [0.5, 0.6) is 0 Å². The summed E-state index contributed by atoms with van der Waals surface area (Å²) in [6, 6.07) is 24.4. The van der Waals surface area contributed by atoms with Crippen LogP contribution in [-0.4, -0.2) is 54.8 Å². The number of nitrogen functional groups attached to an aromatic ring is 1. The first-order chi connectivity index (χ1) is 19.0. The Labute approximate surface area is 226 Å². The molecular formula is C30H29N7O2. The number of carboxylic acid groups (broad SMARTS) is 1. The minimum Gasteiger partial charge on any atom is -0.465 e. The van der Waals surface area contributed by atoms with Crippen molar-refractivity contribution in [3.63, 3.8) is 0 Å². The number of aromatic nitrogens is 4. The van der Waals surface area contributed by atoms with Gasteiger partial charge in [0, 0.05) is 49.3 Å². The Morgan fingerprint density at radius 1 is 0.974 bits per heavy atom. The molecule has 0 radical (unpaired) electrons. The normalized spacial score (nSPS) is 14.5. The fraction of sp³-hybridized carbons (Fsp3) is 0.200. The molecule has 1 amide bonds. The Morgan fingerprint density at radius 2 is 1.74 bits per heavy atom. The van der Waals surface area contributed by atoms with Crippen LogP contribution in [0.4, 0.5) is 10.6 Å². The summed E-state index contributed by atoms with van der Waals surface area (Å²) in [6.07, 6.45) is 4.24. The number of carbonyl (C=O) groups is 1. The van der Waals surface area contributed by atoms with Gasteiger partial charge in [0.2, 0.25) is 0 Å². The van der Waals surface area contributed by atoms with Crippen molar-refractivity contribution in [3.05, 3.63) is 90.8 Å². The summed E-state index contributed by atoms with van der Waals surface area (Å²) in [4.78, 5) is 27.4. The predicted molar refractivity (Wildman–Crippen MR) is 151 cm³/mol. The second-order valence-corrected chi connectivity index (χ2v) is 9.81. The van der Waals surface area contributed by atoms with E-state index in [9.17, 15) is 4.79 Å². The molecule has 0 aliphatic carbocycles. The maximum Gasteiger partial charge on any atom is 0.404 e. The standard InChI is InChI=1S/C30H29N7O2/c31-27-25(7-4-14-32-27)28-35-26-17-22(21-5-2-1-3-6-21)18-33-29(26)37(28)24-10-8-20(9-11-24)19-36-15-12-23(13-16-36)34-30(38)39/h1-11,14,17-18,23,34H,12-13,15-16,19H2,(H2,31,32)(H,38,39). The number of nitrogens with zero attached hydrogens (tertiary/aromatic N) is 5. The number of anilines is 1. The van der Waals surface area contributed by atoms with Crippen molar-refractivity contribution in [1.82, 2.24) is 29.7 Å². The highest BCUT2D eigenvalue weighted by atomic mass is 16.4. The zero-order chi connectivity index (χ0) is 26.8. The quantitative estimate of drug-likeness (QED) is 0.290. The van der Waals surface area contributed by atoms with Gasteiger partial charge in [0.15, 0.2) is 11.5 Å². The van der Waals surface area contributed by atoms with Crippen molar-refractivity contribution in [2.75, 3.05) is 18.8 Å². The molecule has 0 spiro atoms. The third-order valence-electron chi connectivity index (χ3n) is 7.20. The molecule has 1 saturated heterocycles. The van der Waals surface area contributed by atoms with E-state index in [2.05, 4.69) is 57.7 Å². The Morgan fingerprint density at radius 3 is 2.46 bits per heavy atom. The molecule has 0 saturated carbocycles. The smallest absolute Gasteiger partial charge is 0.404 e. The molecule has 9 heteroatoms. The third kappa shape index (κ3) is 5.17. The molecule has 0 unspecified atom stereocenters. The van der Waals surface area contributed by atoms with E-state index in [-0.39, 0.29) is 6.04 Å². The van der Waals surface area contributed by atoms with E-state index in [0.717, 1.165) is 66.0 Å². The van der Waals surface area contributed by atoms with Crippen LogP contribution in [0.2, 0.25) is 0 Å². The monoisotopic (exact) mass is 519 g/mol. The highest BCUT2D eigenvalue weighted by molar-refractivity contribution is 5.85. The van der Waals surface area contributed by atoms with Crippen LogP contribution in [0, 0.1) is 0 Å². The van der Waals surface area contributed by atoms with E-state index in [4.69, 9.17) is 20.8 Å². The fourth-order valence-corrected chi connectivity index (χ4v) is 5.20. The Kier molecular flexibility index (Phi) is 6.64. The van der Waals surface area contributed by atoms with Gasteiger partial charge >= 0.3 is 6.09 Å². The van der Waals surface area contributed by atoms with Crippen LogP contribution in [0.3, 0.4) is 0 Å².